The summed E-state index contributed by atoms with van der Waals surface area (Å²) in [6.07, 6.45) is 0. The van der Waals surface area contributed by atoms with Crippen molar-refractivity contribution in [3.05, 3.63) is 0 Å². The van der Waals surface area contributed by atoms with Crippen LogP contribution < -0.4 is 5.32 Å². The van der Waals surface area contributed by atoms with E-state index in [2.05, 4.69) is 5.32 Å². The van der Waals surface area contributed by atoms with E-state index >= 15 is 0 Å². The molecular formula is C2H8BrNO. The summed E-state index contributed by atoms with van der Waals surface area (Å²) in [5.74, 6) is 0. The van der Waals surface area contributed by atoms with Crippen molar-refractivity contribution in [3.63, 3.8) is 0 Å². The van der Waals surface area contributed by atoms with Crippen LogP contribution in [0, 0.1) is 0 Å². The van der Waals surface area contributed by atoms with E-state index in [9.17, 15) is 0 Å². The number of nitrogens with one attached hydrogen (secondary N) is 1. The summed E-state index contributed by atoms with van der Waals surface area (Å²) in [7, 11) is 3.75. The third-order valence-corrected chi connectivity index (χ3v) is 0. The molecule has 0 atom stereocenters. The molecule has 0 bridgehead atoms. The van der Waals surface area contributed by atoms with Gasteiger partial charge >= 0.3 is 0 Å². The van der Waals surface area contributed by atoms with Crippen molar-refractivity contribution in [1.82, 2.24) is 5.32 Å². The third kappa shape index (κ3) is 158. The molecule has 34 valence electrons. The second kappa shape index (κ2) is 26.0. The van der Waals surface area contributed by atoms with Gasteiger partial charge in [0.15, 0.2) is 0 Å². The molecule has 0 aromatic carbocycles. The maximum absolute atomic E-state index is 6.81. The maximum atomic E-state index is 6.81. The molecule has 0 aliphatic carbocycles. The van der Waals surface area contributed by atoms with Gasteiger partial charge in [-0.2, -0.15) is 0 Å². The molecule has 0 rings (SSSR count). The van der Waals surface area contributed by atoms with E-state index in [4.69, 9.17) is 4.20 Å². The van der Waals surface area contributed by atoms with Crippen LogP contribution in [0.2, 0.25) is 0 Å². The van der Waals surface area contributed by atoms with E-state index in [-0.39, 0.29) is 0 Å². The minimum Gasteiger partial charge on any atom is -0.324 e. The lowest BCUT2D eigenvalue weighted by Crippen LogP contribution is -1.89. The molecular weight excluding hydrogens is 134 g/mol. The van der Waals surface area contributed by atoms with Gasteiger partial charge in [0, 0.05) is 0 Å². The van der Waals surface area contributed by atoms with Gasteiger partial charge in [-0.25, -0.2) is 0 Å². The highest BCUT2D eigenvalue weighted by Gasteiger charge is 1.25. The molecule has 5 heavy (non-hydrogen) atoms. The van der Waals surface area contributed by atoms with E-state index in [1.54, 1.807) is 0 Å². The average molecular weight is 142 g/mol. The van der Waals surface area contributed by atoms with Crippen molar-refractivity contribution < 1.29 is 4.20 Å². The smallest absolute Gasteiger partial charge is 0.0957 e. The Hall–Kier alpha value is 0.400. The summed E-state index contributed by atoms with van der Waals surface area (Å²) < 4.78 is 6.81. The quantitative estimate of drug-likeness (QED) is 0.503. The van der Waals surface area contributed by atoms with Gasteiger partial charge in [-0.15, -0.1) is 0 Å². The summed E-state index contributed by atoms with van der Waals surface area (Å²) in [6.45, 7) is 0. The SMILES string of the molecule is CNC.OBr. The van der Waals surface area contributed by atoms with E-state index in [1.165, 1.54) is 0 Å². The van der Waals surface area contributed by atoms with E-state index in [0.29, 0.717) is 0 Å². The predicted molar refractivity (Wildman–Crippen MR) is 26.1 cm³/mol. The molecule has 2 N–H and O–H groups in total. The molecule has 0 aromatic rings. The monoisotopic (exact) mass is 141 g/mol. The van der Waals surface area contributed by atoms with Crippen LogP contribution in [0.15, 0.2) is 0 Å². The number of hydrogen-bond donors (Lipinski definition) is 2. The first kappa shape index (κ1) is 9.04. The number of hydrogen-bond acceptors (Lipinski definition) is 2. The van der Waals surface area contributed by atoms with Crippen LogP contribution in [-0.2, 0) is 0 Å². The highest BCUT2D eigenvalue weighted by molar-refractivity contribution is 9.05. The van der Waals surface area contributed by atoms with Gasteiger partial charge in [0.25, 0.3) is 0 Å². The maximum Gasteiger partial charge on any atom is 0.0957 e. The van der Waals surface area contributed by atoms with Crippen molar-refractivity contribution in [2.75, 3.05) is 14.1 Å². The van der Waals surface area contributed by atoms with Crippen molar-refractivity contribution in [2.45, 2.75) is 0 Å². The Kier molecular flexibility index (Phi) is 46.9. The fourth-order valence-electron chi connectivity index (χ4n) is 0. The van der Waals surface area contributed by atoms with E-state index in [0.717, 1.165) is 0 Å². The van der Waals surface area contributed by atoms with Crippen molar-refractivity contribution >= 4 is 16.3 Å². The summed E-state index contributed by atoms with van der Waals surface area (Å²) in [4.78, 5) is 0. The fourth-order valence-corrected chi connectivity index (χ4v) is 0. The van der Waals surface area contributed by atoms with Gasteiger partial charge in [-0.05, 0) is 14.1 Å². The fraction of sp³-hybridized carbons (Fsp3) is 1.00. The van der Waals surface area contributed by atoms with Crippen molar-refractivity contribution in [2.24, 2.45) is 0 Å². The molecule has 0 heterocycles. The molecule has 0 aliphatic heterocycles. The number of rotatable bonds is 0. The Labute approximate surface area is 40.6 Å². The van der Waals surface area contributed by atoms with E-state index in [1.807, 2.05) is 30.4 Å². The van der Waals surface area contributed by atoms with Gasteiger partial charge in [0.1, 0.15) is 0 Å². The Bertz CT molecular complexity index is 9.61. The Balaban J connectivity index is 0. The molecule has 0 amide bonds. The van der Waals surface area contributed by atoms with Gasteiger partial charge in [0.05, 0.1) is 16.3 Å². The lowest BCUT2D eigenvalue weighted by atomic mass is 11.3. The predicted octanol–water partition coefficient (Wildman–Crippen LogP) is 0.124. The molecule has 0 spiro atoms. The normalized spacial score (nSPS) is 4.80. The summed E-state index contributed by atoms with van der Waals surface area (Å²) >= 11 is 1.94. The molecule has 0 radical (unpaired) electrons. The molecule has 3 heteroatoms. The van der Waals surface area contributed by atoms with Crippen LogP contribution >= 0.6 is 16.3 Å². The average Bonchev–Trinajstić information content (AvgIpc) is 1.46. The highest BCUT2D eigenvalue weighted by Crippen LogP contribution is 1.43. The van der Waals surface area contributed by atoms with Crippen LogP contribution in [0.5, 0.6) is 0 Å². The molecule has 0 aromatic heterocycles. The molecule has 0 fully saturated rings. The summed E-state index contributed by atoms with van der Waals surface area (Å²) in [5, 5.41) is 2.75. The second-order valence-electron chi connectivity index (χ2n) is 0.500. The minimum atomic E-state index is 1.88. The van der Waals surface area contributed by atoms with Crippen LogP contribution in [0.4, 0.5) is 0 Å². The zero-order valence-corrected chi connectivity index (χ0v) is 4.91. The topological polar surface area (TPSA) is 32.3 Å². The largest absolute Gasteiger partial charge is 0.324 e. The lowest BCUT2D eigenvalue weighted by molar-refractivity contribution is 0.702. The van der Waals surface area contributed by atoms with Gasteiger partial charge < -0.3 is 9.51 Å². The molecule has 0 saturated heterocycles. The van der Waals surface area contributed by atoms with Crippen LogP contribution in [0.25, 0.3) is 0 Å². The van der Waals surface area contributed by atoms with Gasteiger partial charge in [-0.1, -0.05) is 0 Å². The first-order chi connectivity index (χ1) is 2.41. The Morgan fingerprint density at radius 2 is 1.40 bits per heavy atom. The molecule has 0 saturated carbocycles. The third-order valence-electron chi connectivity index (χ3n) is 0. The number of halogens is 1. The highest BCUT2D eigenvalue weighted by atomic mass is 79.9. The van der Waals surface area contributed by atoms with Gasteiger partial charge in [-0.3, -0.25) is 0 Å². The first-order valence-electron chi connectivity index (χ1n) is 1.17. The standard InChI is InChI=1S/C2H7N.BrHO/c1-3-2;1-2/h3H,1-2H3;2H. The first-order valence-corrected chi connectivity index (χ1v) is 1.88. The lowest BCUT2D eigenvalue weighted by Gasteiger charge is -1.59. The van der Waals surface area contributed by atoms with Gasteiger partial charge in [0.2, 0.25) is 0 Å². The molecule has 0 aliphatic rings. The zero-order valence-electron chi connectivity index (χ0n) is 3.33. The molecule has 0 unspecified atom stereocenters. The summed E-state index contributed by atoms with van der Waals surface area (Å²) in [5.41, 5.74) is 0. The minimum absolute atomic E-state index is 1.88. The summed E-state index contributed by atoms with van der Waals surface area (Å²) in [6, 6.07) is 0. The van der Waals surface area contributed by atoms with E-state index < -0.39 is 0 Å². The Morgan fingerprint density at radius 1 is 1.40 bits per heavy atom. The van der Waals surface area contributed by atoms with Crippen LogP contribution in [0.1, 0.15) is 0 Å². The van der Waals surface area contributed by atoms with Crippen molar-refractivity contribution in [3.8, 4) is 0 Å². The Morgan fingerprint density at radius 3 is 1.40 bits per heavy atom. The zero-order chi connectivity index (χ0) is 4.71. The molecule has 2 nitrogen and oxygen atoms in total. The van der Waals surface area contributed by atoms with Crippen molar-refractivity contribution in [1.29, 1.82) is 0 Å². The van der Waals surface area contributed by atoms with Crippen LogP contribution in [-0.4, -0.2) is 18.3 Å². The van der Waals surface area contributed by atoms with Crippen LogP contribution in [0.3, 0.4) is 0 Å². The second-order valence-corrected chi connectivity index (χ2v) is 0.500.